The zero-order valence-corrected chi connectivity index (χ0v) is 16.6. The molecule has 0 aliphatic rings. The lowest BCUT2D eigenvalue weighted by molar-refractivity contribution is -0.137. The van der Waals surface area contributed by atoms with Crippen LogP contribution in [-0.4, -0.2) is 31.8 Å². The van der Waals surface area contributed by atoms with E-state index in [0.717, 1.165) is 12.1 Å². The van der Waals surface area contributed by atoms with E-state index in [4.69, 9.17) is 4.74 Å². The van der Waals surface area contributed by atoms with Gasteiger partial charge in [0, 0.05) is 13.2 Å². The molecule has 2 aromatic heterocycles. The first-order valence-corrected chi connectivity index (χ1v) is 9.17. The van der Waals surface area contributed by atoms with Gasteiger partial charge in [-0.25, -0.2) is 14.6 Å². The Labute approximate surface area is 173 Å². The Bertz CT molecular complexity index is 1330. The van der Waals surface area contributed by atoms with Gasteiger partial charge in [-0.15, -0.1) is 0 Å². The number of hydrogen-bond acceptors (Lipinski definition) is 4. The van der Waals surface area contributed by atoms with Gasteiger partial charge in [0.25, 0.3) is 0 Å². The molecular formula is C21H17F3N4O3. The third kappa shape index (κ3) is 3.72. The normalized spacial score (nSPS) is 11.8. The molecule has 2 aromatic carbocycles. The zero-order valence-electron chi connectivity index (χ0n) is 16.6. The van der Waals surface area contributed by atoms with Crippen LogP contribution in [0.15, 0.2) is 59.8 Å². The highest BCUT2D eigenvalue weighted by Gasteiger charge is 2.30. The molecule has 7 nitrogen and oxygen atoms in total. The lowest BCUT2D eigenvalue weighted by Crippen LogP contribution is -2.24. The van der Waals surface area contributed by atoms with Gasteiger partial charge in [0.1, 0.15) is 0 Å². The summed E-state index contributed by atoms with van der Waals surface area (Å²) in [5.41, 5.74) is 0.714. The van der Waals surface area contributed by atoms with Crippen LogP contribution < -0.4 is 5.69 Å². The van der Waals surface area contributed by atoms with E-state index in [9.17, 15) is 22.8 Å². The van der Waals surface area contributed by atoms with Gasteiger partial charge < -0.3 is 9.30 Å². The van der Waals surface area contributed by atoms with E-state index in [1.165, 1.54) is 40.5 Å². The Balaban J connectivity index is 1.92. The van der Waals surface area contributed by atoms with E-state index in [0.29, 0.717) is 16.7 Å². The number of ether oxygens (including phenoxy) is 1. The van der Waals surface area contributed by atoms with Gasteiger partial charge in [-0.2, -0.15) is 13.2 Å². The summed E-state index contributed by atoms with van der Waals surface area (Å²) in [5.74, 6) is -0.569. The standard InChI is InChI=1S/C21H17F3N4O3/c1-26-10-15(25-12-26)11-27-18-9-13(19(29)31-2)3-8-17(18)28(20(27)30)16-6-4-14(5-7-16)21(22,23)24/h3-10,12H,11H2,1-2H3. The fourth-order valence-corrected chi connectivity index (χ4v) is 3.41. The predicted molar refractivity (Wildman–Crippen MR) is 106 cm³/mol. The molecule has 0 bridgehead atoms. The van der Waals surface area contributed by atoms with Crippen molar-refractivity contribution in [3.8, 4) is 5.69 Å². The lowest BCUT2D eigenvalue weighted by atomic mass is 10.1. The van der Waals surface area contributed by atoms with Crippen LogP contribution in [0.3, 0.4) is 0 Å². The SMILES string of the molecule is COC(=O)c1ccc2c(c1)n(Cc1cn(C)cn1)c(=O)n2-c1ccc(C(F)(F)F)cc1. The van der Waals surface area contributed by atoms with E-state index in [1.54, 1.807) is 30.2 Å². The Morgan fingerprint density at radius 1 is 1.10 bits per heavy atom. The van der Waals surface area contributed by atoms with Crippen molar-refractivity contribution < 1.29 is 22.7 Å². The Morgan fingerprint density at radius 3 is 2.39 bits per heavy atom. The molecule has 0 saturated heterocycles. The molecule has 0 saturated carbocycles. The zero-order chi connectivity index (χ0) is 22.3. The maximum Gasteiger partial charge on any atom is 0.416 e. The average Bonchev–Trinajstić information content (AvgIpc) is 3.27. The van der Waals surface area contributed by atoms with E-state index in [2.05, 4.69) is 4.98 Å². The Kier molecular flexibility index (Phi) is 4.92. The molecule has 4 rings (SSSR count). The first-order chi connectivity index (χ1) is 14.7. The number of nitrogens with zero attached hydrogens (tertiary/aromatic N) is 4. The average molecular weight is 430 g/mol. The maximum atomic E-state index is 13.3. The molecule has 0 spiro atoms. The van der Waals surface area contributed by atoms with E-state index < -0.39 is 23.4 Å². The second-order valence-electron chi connectivity index (χ2n) is 6.97. The van der Waals surface area contributed by atoms with Crippen molar-refractivity contribution in [3.05, 3.63) is 82.3 Å². The molecule has 0 aliphatic heterocycles. The molecule has 10 heteroatoms. The molecular weight excluding hydrogens is 413 g/mol. The number of imidazole rings is 2. The van der Waals surface area contributed by atoms with Crippen LogP contribution in [0.2, 0.25) is 0 Å². The summed E-state index contributed by atoms with van der Waals surface area (Å²) in [6, 6.07) is 8.91. The number of carbonyl (C=O) groups is 1. The number of benzene rings is 2. The molecule has 2 heterocycles. The second kappa shape index (κ2) is 7.46. The van der Waals surface area contributed by atoms with Crippen LogP contribution in [0.1, 0.15) is 21.6 Å². The van der Waals surface area contributed by atoms with E-state index in [1.807, 2.05) is 0 Å². The molecule has 4 aromatic rings. The van der Waals surface area contributed by atoms with Crippen molar-refractivity contribution in [2.45, 2.75) is 12.7 Å². The number of methoxy groups -OCH3 is 1. The summed E-state index contributed by atoms with van der Waals surface area (Å²) >= 11 is 0. The summed E-state index contributed by atoms with van der Waals surface area (Å²) in [7, 11) is 3.04. The number of aryl methyl sites for hydroxylation is 1. The van der Waals surface area contributed by atoms with Crippen molar-refractivity contribution in [1.29, 1.82) is 0 Å². The minimum atomic E-state index is -4.48. The van der Waals surface area contributed by atoms with Crippen LogP contribution in [0.25, 0.3) is 16.7 Å². The number of alkyl halides is 3. The van der Waals surface area contributed by atoms with Crippen LogP contribution >= 0.6 is 0 Å². The first-order valence-electron chi connectivity index (χ1n) is 9.17. The number of rotatable bonds is 4. The minimum Gasteiger partial charge on any atom is -0.465 e. The van der Waals surface area contributed by atoms with Gasteiger partial charge in [0.15, 0.2) is 0 Å². The number of carbonyl (C=O) groups excluding carboxylic acids is 1. The van der Waals surface area contributed by atoms with Crippen molar-refractivity contribution >= 4 is 17.0 Å². The third-order valence-electron chi connectivity index (χ3n) is 4.88. The Morgan fingerprint density at radius 2 is 1.81 bits per heavy atom. The third-order valence-corrected chi connectivity index (χ3v) is 4.88. The number of aromatic nitrogens is 4. The summed E-state index contributed by atoms with van der Waals surface area (Å²) in [4.78, 5) is 29.5. The maximum absolute atomic E-state index is 13.3. The van der Waals surface area contributed by atoms with Crippen LogP contribution in [-0.2, 0) is 24.5 Å². The topological polar surface area (TPSA) is 71.1 Å². The van der Waals surface area contributed by atoms with Crippen LogP contribution in [0.5, 0.6) is 0 Å². The number of esters is 1. The summed E-state index contributed by atoms with van der Waals surface area (Å²) in [6.45, 7) is 0.119. The van der Waals surface area contributed by atoms with Crippen molar-refractivity contribution in [2.24, 2.45) is 7.05 Å². The van der Waals surface area contributed by atoms with Gasteiger partial charge in [-0.3, -0.25) is 9.13 Å². The number of hydrogen-bond donors (Lipinski definition) is 0. The van der Waals surface area contributed by atoms with Crippen LogP contribution in [0, 0.1) is 0 Å². The van der Waals surface area contributed by atoms with Gasteiger partial charge in [-0.05, 0) is 42.5 Å². The van der Waals surface area contributed by atoms with Gasteiger partial charge in [0.2, 0.25) is 0 Å². The van der Waals surface area contributed by atoms with E-state index >= 15 is 0 Å². The fourth-order valence-electron chi connectivity index (χ4n) is 3.41. The summed E-state index contributed by atoms with van der Waals surface area (Å²) in [6.07, 6.45) is -1.14. The van der Waals surface area contributed by atoms with Crippen molar-refractivity contribution in [1.82, 2.24) is 18.7 Å². The van der Waals surface area contributed by atoms with Crippen LogP contribution in [0.4, 0.5) is 13.2 Å². The van der Waals surface area contributed by atoms with E-state index in [-0.39, 0.29) is 17.8 Å². The molecule has 0 atom stereocenters. The summed E-state index contributed by atoms with van der Waals surface area (Å²) in [5, 5.41) is 0. The predicted octanol–water partition coefficient (Wildman–Crippen LogP) is 3.38. The number of fused-ring (bicyclic) bond motifs is 1. The molecule has 0 amide bonds. The highest BCUT2D eigenvalue weighted by Crippen LogP contribution is 2.30. The molecule has 0 fully saturated rings. The Hall–Kier alpha value is -3.82. The fraction of sp³-hybridized carbons (Fsp3) is 0.190. The molecule has 0 N–H and O–H groups in total. The largest absolute Gasteiger partial charge is 0.465 e. The highest BCUT2D eigenvalue weighted by molar-refractivity contribution is 5.94. The summed E-state index contributed by atoms with van der Waals surface area (Å²) < 4.78 is 48.0. The van der Waals surface area contributed by atoms with Gasteiger partial charge in [-0.1, -0.05) is 0 Å². The molecule has 160 valence electrons. The first kappa shape index (κ1) is 20.5. The second-order valence-corrected chi connectivity index (χ2v) is 6.97. The number of halogens is 3. The minimum absolute atomic E-state index is 0.119. The molecule has 0 aliphatic carbocycles. The van der Waals surface area contributed by atoms with Crippen molar-refractivity contribution in [3.63, 3.8) is 0 Å². The monoisotopic (exact) mass is 430 g/mol. The highest BCUT2D eigenvalue weighted by atomic mass is 19.4. The quantitative estimate of drug-likeness (QED) is 0.466. The van der Waals surface area contributed by atoms with Gasteiger partial charge in [0.05, 0.1) is 53.5 Å². The lowest BCUT2D eigenvalue weighted by Gasteiger charge is -2.08. The smallest absolute Gasteiger partial charge is 0.416 e. The molecule has 0 unspecified atom stereocenters. The van der Waals surface area contributed by atoms with Crippen molar-refractivity contribution in [2.75, 3.05) is 7.11 Å². The van der Waals surface area contributed by atoms with Gasteiger partial charge >= 0.3 is 17.8 Å². The molecule has 0 radical (unpaired) electrons. The molecule has 31 heavy (non-hydrogen) atoms.